The van der Waals surface area contributed by atoms with Crippen molar-refractivity contribution in [2.24, 2.45) is 0 Å². The first-order valence-corrected chi connectivity index (χ1v) is 9.31. The molecule has 134 valence electrons. The van der Waals surface area contributed by atoms with Gasteiger partial charge in [0.1, 0.15) is 5.75 Å². The number of thiazole rings is 1. The van der Waals surface area contributed by atoms with Crippen molar-refractivity contribution in [3.05, 3.63) is 85.4 Å². The molecule has 0 bridgehead atoms. The summed E-state index contributed by atoms with van der Waals surface area (Å²) < 4.78 is 7.03. The van der Waals surface area contributed by atoms with Crippen LogP contribution < -0.4 is 14.8 Å². The number of ether oxygens (including phenoxy) is 1. The minimum absolute atomic E-state index is 0.188. The van der Waals surface area contributed by atoms with Gasteiger partial charge in [-0.15, -0.1) is 5.10 Å². The van der Waals surface area contributed by atoms with Gasteiger partial charge in [0.25, 0.3) is 5.56 Å². The van der Waals surface area contributed by atoms with Crippen LogP contribution in [0.25, 0.3) is 23.2 Å². The van der Waals surface area contributed by atoms with Gasteiger partial charge >= 0.3 is 0 Å². The van der Waals surface area contributed by atoms with Crippen molar-refractivity contribution in [3.63, 3.8) is 0 Å². The van der Waals surface area contributed by atoms with Crippen LogP contribution in [0.4, 0.5) is 0 Å². The Morgan fingerprint density at radius 1 is 1.11 bits per heavy atom. The Hall–Kier alpha value is -2.96. The Labute approximate surface area is 163 Å². The van der Waals surface area contributed by atoms with Crippen LogP contribution in [0.15, 0.2) is 53.3 Å². The van der Waals surface area contributed by atoms with Crippen molar-refractivity contribution >= 4 is 46.1 Å². The van der Waals surface area contributed by atoms with Crippen molar-refractivity contribution in [1.29, 1.82) is 0 Å². The third-order valence-corrected chi connectivity index (χ3v) is 5.08. The summed E-state index contributed by atoms with van der Waals surface area (Å²) in [5.41, 5.74) is 1.67. The fourth-order valence-electron chi connectivity index (χ4n) is 2.55. The molecule has 0 unspecified atom stereocenters. The lowest BCUT2D eigenvalue weighted by Crippen LogP contribution is -2.23. The number of halogens is 1. The standard InChI is InChI=1S/C20H14ClN3O2S/c1-26-16-8-5-13(6-9-16)7-10-18-22-20-24(23-18)19(25)17(27-20)12-14-3-2-4-15(21)11-14/h2-12H,1H3/b10-7+,17-12+. The second kappa shape index (κ2) is 7.34. The summed E-state index contributed by atoms with van der Waals surface area (Å²) in [5, 5.41) is 4.91. The Balaban J connectivity index is 1.64. The first-order valence-electron chi connectivity index (χ1n) is 8.11. The number of fused-ring (bicyclic) bond motifs is 1. The van der Waals surface area contributed by atoms with Gasteiger partial charge in [0.05, 0.1) is 11.6 Å². The van der Waals surface area contributed by atoms with Crippen molar-refractivity contribution in [2.75, 3.05) is 7.11 Å². The third-order valence-electron chi connectivity index (χ3n) is 3.89. The average Bonchev–Trinajstić information content (AvgIpc) is 3.20. The van der Waals surface area contributed by atoms with E-state index >= 15 is 0 Å². The van der Waals surface area contributed by atoms with Crippen molar-refractivity contribution in [2.45, 2.75) is 0 Å². The van der Waals surface area contributed by atoms with Gasteiger partial charge in [0.15, 0.2) is 5.82 Å². The Morgan fingerprint density at radius 2 is 1.93 bits per heavy atom. The highest BCUT2D eigenvalue weighted by Crippen LogP contribution is 2.14. The highest BCUT2D eigenvalue weighted by molar-refractivity contribution is 7.15. The molecule has 0 spiro atoms. The molecule has 0 fully saturated rings. The molecule has 4 aromatic rings. The lowest BCUT2D eigenvalue weighted by Gasteiger charge is -1.98. The summed E-state index contributed by atoms with van der Waals surface area (Å²) in [5.74, 6) is 1.29. The molecule has 0 saturated heterocycles. The van der Waals surface area contributed by atoms with E-state index in [9.17, 15) is 4.79 Å². The topological polar surface area (TPSA) is 56.5 Å². The van der Waals surface area contributed by atoms with Gasteiger partial charge in [0.2, 0.25) is 4.96 Å². The van der Waals surface area contributed by atoms with Crippen molar-refractivity contribution < 1.29 is 4.74 Å². The van der Waals surface area contributed by atoms with Gasteiger partial charge in [-0.05, 0) is 47.5 Å². The summed E-state index contributed by atoms with van der Waals surface area (Å²) in [6.45, 7) is 0. The van der Waals surface area contributed by atoms with Crippen LogP contribution in [0.3, 0.4) is 0 Å². The van der Waals surface area contributed by atoms with Crippen molar-refractivity contribution in [1.82, 2.24) is 14.6 Å². The zero-order valence-electron chi connectivity index (χ0n) is 14.3. The van der Waals surface area contributed by atoms with Crippen LogP contribution in [-0.2, 0) is 0 Å². The molecule has 27 heavy (non-hydrogen) atoms. The third kappa shape index (κ3) is 3.77. The molecule has 7 heteroatoms. The molecule has 2 aromatic carbocycles. The molecule has 0 amide bonds. The lowest BCUT2D eigenvalue weighted by atomic mass is 10.2. The molecule has 0 aliphatic heterocycles. The summed E-state index contributed by atoms with van der Waals surface area (Å²) in [6.07, 6.45) is 5.46. The number of benzene rings is 2. The van der Waals surface area contributed by atoms with Gasteiger partial charge in [-0.2, -0.15) is 9.50 Å². The van der Waals surface area contributed by atoms with E-state index in [1.807, 2.05) is 42.5 Å². The first kappa shape index (κ1) is 17.5. The largest absolute Gasteiger partial charge is 0.497 e. The maximum Gasteiger partial charge on any atom is 0.291 e. The molecule has 0 aliphatic carbocycles. The molecule has 2 heterocycles. The molecule has 4 rings (SSSR count). The predicted octanol–water partition coefficient (Wildman–Crippen LogP) is 3.53. The van der Waals surface area contributed by atoms with Crippen LogP contribution in [0, 0.1) is 0 Å². The zero-order valence-corrected chi connectivity index (χ0v) is 15.9. The predicted molar refractivity (Wildman–Crippen MR) is 109 cm³/mol. The molecular formula is C20H14ClN3O2S. The van der Waals surface area contributed by atoms with Crippen LogP contribution in [-0.4, -0.2) is 21.7 Å². The molecule has 0 N–H and O–H groups in total. The Bertz CT molecular complexity index is 1240. The summed E-state index contributed by atoms with van der Waals surface area (Å²) in [7, 11) is 1.63. The lowest BCUT2D eigenvalue weighted by molar-refractivity contribution is 0.415. The highest BCUT2D eigenvalue weighted by atomic mass is 35.5. The number of hydrogen-bond donors (Lipinski definition) is 0. The van der Waals surface area contributed by atoms with E-state index in [1.165, 1.54) is 15.9 Å². The number of methoxy groups -OCH3 is 1. The van der Waals surface area contributed by atoms with Crippen molar-refractivity contribution in [3.8, 4) is 5.75 Å². The SMILES string of the molecule is COc1ccc(/C=C/c2nc3s/c(=C/c4cccc(Cl)c4)c(=O)n3n2)cc1. The van der Waals surface area contributed by atoms with E-state index in [0.29, 0.717) is 20.3 Å². The molecule has 5 nitrogen and oxygen atoms in total. The first-order chi connectivity index (χ1) is 13.1. The molecule has 0 radical (unpaired) electrons. The second-order valence-electron chi connectivity index (χ2n) is 5.74. The van der Waals surface area contributed by atoms with Gasteiger partial charge in [-0.3, -0.25) is 4.79 Å². The van der Waals surface area contributed by atoms with E-state index in [-0.39, 0.29) is 5.56 Å². The minimum Gasteiger partial charge on any atom is -0.497 e. The van der Waals surface area contributed by atoms with E-state index in [1.54, 1.807) is 31.4 Å². The Morgan fingerprint density at radius 3 is 2.63 bits per heavy atom. The zero-order chi connectivity index (χ0) is 18.8. The van der Waals surface area contributed by atoms with Crippen LogP contribution in [0.1, 0.15) is 17.0 Å². The second-order valence-corrected chi connectivity index (χ2v) is 7.19. The van der Waals surface area contributed by atoms with Gasteiger partial charge in [0, 0.05) is 5.02 Å². The number of rotatable bonds is 4. The number of aromatic nitrogens is 3. The van der Waals surface area contributed by atoms with E-state index < -0.39 is 0 Å². The quantitative estimate of drug-likeness (QED) is 0.530. The molecular weight excluding hydrogens is 382 g/mol. The fourth-order valence-corrected chi connectivity index (χ4v) is 3.67. The maximum atomic E-state index is 12.5. The Kier molecular flexibility index (Phi) is 4.75. The summed E-state index contributed by atoms with van der Waals surface area (Å²) >= 11 is 7.29. The average molecular weight is 396 g/mol. The van der Waals surface area contributed by atoms with Crippen LogP contribution in [0.2, 0.25) is 5.02 Å². The van der Waals surface area contributed by atoms with E-state index in [0.717, 1.165) is 16.9 Å². The monoisotopic (exact) mass is 395 g/mol. The molecule has 2 aromatic heterocycles. The summed E-state index contributed by atoms with van der Waals surface area (Å²) in [4.78, 5) is 17.5. The van der Waals surface area contributed by atoms with E-state index in [2.05, 4.69) is 10.1 Å². The molecule has 0 aliphatic rings. The van der Waals surface area contributed by atoms with Gasteiger partial charge < -0.3 is 4.74 Å². The molecule has 0 saturated carbocycles. The number of hydrogen-bond acceptors (Lipinski definition) is 5. The highest BCUT2D eigenvalue weighted by Gasteiger charge is 2.08. The van der Waals surface area contributed by atoms with Crippen LogP contribution in [0.5, 0.6) is 5.75 Å². The fraction of sp³-hybridized carbons (Fsp3) is 0.0500. The van der Waals surface area contributed by atoms with Crippen LogP contribution >= 0.6 is 22.9 Å². The van der Waals surface area contributed by atoms with Gasteiger partial charge in [-0.25, -0.2) is 0 Å². The molecule has 0 atom stereocenters. The maximum absolute atomic E-state index is 12.5. The van der Waals surface area contributed by atoms with Gasteiger partial charge in [-0.1, -0.05) is 53.3 Å². The normalized spacial score (nSPS) is 12.3. The number of nitrogens with zero attached hydrogens (tertiary/aromatic N) is 3. The smallest absolute Gasteiger partial charge is 0.291 e. The minimum atomic E-state index is -0.188. The summed E-state index contributed by atoms with van der Waals surface area (Å²) in [6, 6.07) is 15.0. The van der Waals surface area contributed by atoms with E-state index in [4.69, 9.17) is 16.3 Å².